The lowest BCUT2D eigenvalue weighted by Gasteiger charge is -2.30. The third kappa shape index (κ3) is 4.17. The number of piperidine rings is 1. The molecule has 0 aromatic carbocycles. The van der Waals surface area contributed by atoms with Gasteiger partial charge in [0, 0.05) is 50.4 Å². The third-order valence-corrected chi connectivity index (χ3v) is 7.00. The van der Waals surface area contributed by atoms with E-state index < -0.39 is 6.61 Å². The maximum absolute atomic E-state index is 13.1. The molecule has 4 aromatic heterocycles. The SMILES string of the molecule is Cn1c(-c2cc3ccc(OC(F)F)nc3n2CC2CC2)nc2cc(C(=O)N3CCC[C@@H](N)C3)cnc21. The van der Waals surface area contributed by atoms with Gasteiger partial charge in [0.05, 0.1) is 11.3 Å². The van der Waals surface area contributed by atoms with Crippen molar-refractivity contribution < 1.29 is 18.3 Å². The van der Waals surface area contributed by atoms with Crippen LogP contribution in [0.4, 0.5) is 8.78 Å². The van der Waals surface area contributed by atoms with E-state index in [9.17, 15) is 13.6 Å². The molecule has 1 saturated carbocycles. The normalized spacial score (nSPS) is 18.5. The van der Waals surface area contributed by atoms with Crippen LogP contribution in [0, 0.1) is 5.92 Å². The van der Waals surface area contributed by atoms with E-state index in [1.54, 1.807) is 23.2 Å². The summed E-state index contributed by atoms with van der Waals surface area (Å²) in [5, 5.41) is 0.810. The lowest BCUT2D eigenvalue weighted by Crippen LogP contribution is -2.45. The summed E-state index contributed by atoms with van der Waals surface area (Å²) in [4.78, 5) is 28.6. The van der Waals surface area contributed by atoms with Crippen molar-refractivity contribution in [1.29, 1.82) is 0 Å². The van der Waals surface area contributed by atoms with Gasteiger partial charge in [0.1, 0.15) is 11.2 Å². The van der Waals surface area contributed by atoms with Crippen LogP contribution >= 0.6 is 0 Å². The number of ether oxygens (including phenoxy) is 1. The number of nitrogens with two attached hydrogens (primary N) is 1. The molecule has 4 aromatic rings. The van der Waals surface area contributed by atoms with Crippen LogP contribution in [0.2, 0.25) is 0 Å². The highest BCUT2D eigenvalue weighted by molar-refractivity contribution is 5.97. The molecule has 1 atom stereocenters. The summed E-state index contributed by atoms with van der Waals surface area (Å²) in [6.07, 6.45) is 5.62. The van der Waals surface area contributed by atoms with Gasteiger partial charge in [-0.25, -0.2) is 9.97 Å². The lowest BCUT2D eigenvalue weighted by molar-refractivity contribution is -0.0526. The fourth-order valence-electron chi connectivity index (χ4n) is 4.99. The monoisotopic (exact) mass is 495 g/mol. The summed E-state index contributed by atoms with van der Waals surface area (Å²) in [6, 6.07) is 6.90. The molecule has 1 saturated heterocycles. The van der Waals surface area contributed by atoms with Crippen LogP contribution in [0.25, 0.3) is 33.7 Å². The molecule has 2 fully saturated rings. The van der Waals surface area contributed by atoms with E-state index >= 15 is 0 Å². The Morgan fingerprint density at radius 1 is 1.19 bits per heavy atom. The molecule has 6 rings (SSSR count). The maximum Gasteiger partial charge on any atom is 0.388 e. The van der Waals surface area contributed by atoms with Crippen molar-refractivity contribution in [1.82, 2.24) is 29.0 Å². The van der Waals surface area contributed by atoms with E-state index in [4.69, 9.17) is 10.7 Å². The van der Waals surface area contributed by atoms with Crippen molar-refractivity contribution in [2.75, 3.05) is 13.1 Å². The Labute approximate surface area is 205 Å². The molecule has 5 heterocycles. The molecule has 188 valence electrons. The van der Waals surface area contributed by atoms with Gasteiger partial charge in [-0.2, -0.15) is 13.8 Å². The number of aryl methyl sites for hydroxylation is 1. The number of pyridine rings is 2. The Balaban J connectivity index is 1.41. The molecule has 0 radical (unpaired) electrons. The number of halogens is 2. The van der Waals surface area contributed by atoms with Crippen LogP contribution in [-0.2, 0) is 13.6 Å². The molecule has 2 aliphatic rings. The number of carbonyl (C=O) groups is 1. The van der Waals surface area contributed by atoms with Crippen LogP contribution in [0.1, 0.15) is 36.0 Å². The number of alkyl halides is 2. The Morgan fingerprint density at radius 2 is 2.03 bits per heavy atom. The van der Waals surface area contributed by atoms with Crippen LogP contribution in [0.15, 0.2) is 30.5 Å². The van der Waals surface area contributed by atoms with Crippen molar-refractivity contribution in [3.63, 3.8) is 0 Å². The minimum Gasteiger partial charge on any atom is -0.417 e. The number of hydrogen-bond donors (Lipinski definition) is 1. The molecule has 1 aliphatic carbocycles. The Bertz CT molecular complexity index is 1460. The number of amides is 1. The topological polar surface area (TPSA) is 104 Å². The zero-order valence-electron chi connectivity index (χ0n) is 19.9. The molecule has 0 spiro atoms. The van der Waals surface area contributed by atoms with E-state index in [0.717, 1.165) is 36.8 Å². The molecule has 11 heteroatoms. The lowest BCUT2D eigenvalue weighted by atomic mass is 10.1. The van der Waals surface area contributed by atoms with Crippen LogP contribution in [0.5, 0.6) is 5.88 Å². The first-order valence-electron chi connectivity index (χ1n) is 12.2. The molecule has 36 heavy (non-hydrogen) atoms. The van der Waals surface area contributed by atoms with Crippen molar-refractivity contribution in [2.24, 2.45) is 18.7 Å². The number of hydrogen-bond acceptors (Lipinski definition) is 6. The smallest absolute Gasteiger partial charge is 0.388 e. The second-order valence-corrected chi connectivity index (χ2v) is 9.74. The summed E-state index contributed by atoms with van der Waals surface area (Å²) >= 11 is 0. The van der Waals surface area contributed by atoms with Gasteiger partial charge in [-0.3, -0.25) is 4.79 Å². The molecule has 1 amide bonds. The Kier molecular flexibility index (Phi) is 5.59. The zero-order valence-corrected chi connectivity index (χ0v) is 19.9. The number of carbonyl (C=O) groups excluding carboxylic acids is 1. The fraction of sp³-hybridized carbons (Fsp3) is 0.440. The average Bonchev–Trinajstić information content (AvgIpc) is 3.53. The number of rotatable bonds is 6. The van der Waals surface area contributed by atoms with Gasteiger partial charge in [-0.05, 0) is 49.8 Å². The minimum absolute atomic E-state index is 0.00514. The van der Waals surface area contributed by atoms with Crippen LogP contribution in [-0.4, -0.2) is 60.6 Å². The van der Waals surface area contributed by atoms with Gasteiger partial charge in [0.15, 0.2) is 11.5 Å². The first kappa shape index (κ1) is 22.8. The van der Waals surface area contributed by atoms with E-state index in [1.165, 1.54) is 6.07 Å². The number of imidazole rings is 1. The molecular formula is C25H27F2N7O2. The zero-order chi connectivity index (χ0) is 25.0. The first-order valence-corrected chi connectivity index (χ1v) is 12.2. The molecule has 1 aliphatic heterocycles. The second kappa shape index (κ2) is 8.81. The quantitative estimate of drug-likeness (QED) is 0.439. The van der Waals surface area contributed by atoms with E-state index in [0.29, 0.717) is 53.8 Å². The summed E-state index contributed by atoms with van der Waals surface area (Å²) in [6.45, 7) is -1.01. The largest absolute Gasteiger partial charge is 0.417 e. The first-order chi connectivity index (χ1) is 17.4. The fourth-order valence-corrected chi connectivity index (χ4v) is 4.99. The number of likely N-dealkylation sites (tertiary alicyclic amines) is 1. The van der Waals surface area contributed by atoms with Crippen LogP contribution in [0.3, 0.4) is 0 Å². The second-order valence-electron chi connectivity index (χ2n) is 9.74. The van der Waals surface area contributed by atoms with Crippen LogP contribution < -0.4 is 10.5 Å². The Morgan fingerprint density at radius 3 is 2.78 bits per heavy atom. The van der Waals surface area contributed by atoms with Gasteiger partial charge in [-0.15, -0.1) is 0 Å². The Hall–Kier alpha value is -3.60. The van der Waals surface area contributed by atoms with Crippen molar-refractivity contribution >= 4 is 28.1 Å². The van der Waals surface area contributed by atoms with Crippen molar-refractivity contribution in [3.8, 4) is 17.4 Å². The van der Waals surface area contributed by atoms with E-state index in [2.05, 4.69) is 14.7 Å². The third-order valence-electron chi connectivity index (χ3n) is 7.00. The van der Waals surface area contributed by atoms with Gasteiger partial charge in [0.2, 0.25) is 5.88 Å². The highest BCUT2D eigenvalue weighted by Crippen LogP contribution is 2.36. The summed E-state index contributed by atoms with van der Waals surface area (Å²) < 4.78 is 34.0. The predicted molar refractivity (Wildman–Crippen MR) is 130 cm³/mol. The van der Waals surface area contributed by atoms with Gasteiger partial charge < -0.3 is 24.5 Å². The number of aromatic nitrogens is 5. The van der Waals surface area contributed by atoms with E-state index in [-0.39, 0.29) is 17.8 Å². The van der Waals surface area contributed by atoms with Gasteiger partial charge in [0.25, 0.3) is 5.91 Å². The number of fused-ring (bicyclic) bond motifs is 2. The maximum atomic E-state index is 13.1. The molecule has 2 N–H and O–H groups in total. The van der Waals surface area contributed by atoms with Gasteiger partial charge in [-0.1, -0.05) is 0 Å². The van der Waals surface area contributed by atoms with Gasteiger partial charge >= 0.3 is 6.61 Å². The van der Waals surface area contributed by atoms with Crippen molar-refractivity contribution in [2.45, 2.75) is 44.9 Å². The average molecular weight is 496 g/mol. The minimum atomic E-state index is -2.94. The van der Waals surface area contributed by atoms with E-state index in [1.807, 2.05) is 22.2 Å². The highest BCUT2D eigenvalue weighted by atomic mass is 19.3. The summed E-state index contributed by atoms with van der Waals surface area (Å²) in [5.74, 6) is 0.961. The molecular weight excluding hydrogens is 468 g/mol. The molecule has 0 bridgehead atoms. The molecule has 9 nitrogen and oxygen atoms in total. The summed E-state index contributed by atoms with van der Waals surface area (Å²) in [5.41, 5.74) is 9.19. The molecule has 0 unspecified atom stereocenters. The summed E-state index contributed by atoms with van der Waals surface area (Å²) in [7, 11) is 1.88. The standard InChI is InChI=1S/C25H27F2N7O2/c1-32-22-18(9-16(11-29-22)24(35)33-8-2-3-17(28)13-33)30-23(32)19-10-15-6-7-20(36-25(26)27)31-21(15)34(19)12-14-4-5-14/h6-7,9-11,14,17,25H,2-5,8,12-13,28H2,1H3/t17-/m1/s1. The predicted octanol–water partition coefficient (Wildman–Crippen LogP) is 3.56. The highest BCUT2D eigenvalue weighted by Gasteiger charge is 2.27. The van der Waals surface area contributed by atoms with Crippen molar-refractivity contribution in [3.05, 3.63) is 36.0 Å². The number of nitrogens with zero attached hydrogens (tertiary/aromatic N) is 6.